The molecule has 0 N–H and O–H groups in total. The molecule has 11 rings (SSSR count). The summed E-state index contributed by atoms with van der Waals surface area (Å²) in [7, 11) is 0. The second-order valence-corrected chi connectivity index (χ2v) is 13.8. The SMILES string of the molecule is c1ccc(-c2nc(-c3ccc4c(c3)oc3ccccc34)nc(-c3cc4ccc5ccccc5c4c4sc5ccc6ccccc6c5c34)n2)cc1. The van der Waals surface area contributed by atoms with Crippen LogP contribution in [-0.4, -0.2) is 15.0 Å². The summed E-state index contributed by atoms with van der Waals surface area (Å²) in [6.07, 6.45) is 0. The molecular weight excluding hydrogens is 631 g/mol. The van der Waals surface area contributed by atoms with E-state index in [0.717, 1.165) is 44.0 Å². The molecule has 0 bridgehead atoms. The van der Waals surface area contributed by atoms with E-state index in [4.69, 9.17) is 19.4 Å². The minimum atomic E-state index is 0.604. The first-order valence-corrected chi connectivity index (χ1v) is 17.5. The lowest BCUT2D eigenvalue weighted by Crippen LogP contribution is -2.00. The maximum atomic E-state index is 6.29. The van der Waals surface area contributed by atoms with E-state index in [9.17, 15) is 0 Å². The molecule has 3 heterocycles. The van der Waals surface area contributed by atoms with Crippen LogP contribution >= 0.6 is 11.3 Å². The lowest BCUT2D eigenvalue weighted by molar-refractivity contribution is 0.669. The van der Waals surface area contributed by atoms with E-state index in [2.05, 4.69) is 115 Å². The summed E-state index contributed by atoms with van der Waals surface area (Å²) in [6, 6.07) is 53.1. The minimum Gasteiger partial charge on any atom is -0.456 e. The molecule has 0 radical (unpaired) electrons. The Hall–Kier alpha value is -6.43. The Kier molecular flexibility index (Phi) is 5.80. The zero-order chi connectivity index (χ0) is 32.8. The van der Waals surface area contributed by atoms with Crippen molar-refractivity contribution in [2.45, 2.75) is 0 Å². The van der Waals surface area contributed by atoms with Crippen molar-refractivity contribution in [3.8, 4) is 34.2 Å². The molecule has 0 fully saturated rings. The standard InChI is InChI=1S/C45H25N3OS/c1-2-12-28(13-3-1)43-46-44(30-20-22-34-33-16-8-9-17-36(33)49-37(34)25-30)48-45(47-43)35-24-29-19-18-26-10-4-6-14-31(26)39(29)42-41(35)40-32-15-7-5-11-27(32)21-23-38(40)50-42/h1-25H. The van der Waals surface area contributed by atoms with Gasteiger partial charge >= 0.3 is 0 Å². The van der Waals surface area contributed by atoms with E-state index in [1.807, 2.05) is 47.7 Å². The van der Waals surface area contributed by atoms with E-state index in [1.54, 1.807) is 0 Å². The highest BCUT2D eigenvalue weighted by atomic mass is 32.1. The molecule has 11 aromatic rings. The summed E-state index contributed by atoms with van der Waals surface area (Å²) >= 11 is 1.85. The zero-order valence-electron chi connectivity index (χ0n) is 26.6. The summed E-state index contributed by atoms with van der Waals surface area (Å²) in [4.78, 5) is 15.6. The Balaban J connectivity index is 1.26. The predicted molar refractivity (Wildman–Crippen MR) is 209 cm³/mol. The highest BCUT2D eigenvalue weighted by Crippen LogP contribution is 2.48. The van der Waals surface area contributed by atoms with Crippen LogP contribution in [0.25, 0.3) is 109 Å². The van der Waals surface area contributed by atoms with Gasteiger partial charge < -0.3 is 4.42 Å². The third-order valence-electron chi connectivity index (χ3n) is 9.88. The number of benzene rings is 8. The molecule has 4 nitrogen and oxygen atoms in total. The molecule has 5 heteroatoms. The Morgan fingerprint density at radius 2 is 1.02 bits per heavy atom. The van der Waals surface area contributed by atoms with Gasteiger partial charge in [-0.1, -0.05) is 121 Å². The average molecular weight is 656 g/mol. The van der Waals surface area contributed by atoms with Crippen LogP contribution in [0.2, 0.25) is 0 Å². The fourth-order valence-corrected chi connectivity index (χ4v) is 8.89. The topological polar surface area (TPSA) is 51.8 Å². The van der Waals surface area contributed by atoms with Gasteiger partial charge in [0.1, 0.15) is 11.2 Å². The minimum absolute atomic E-state index is 0.604. The molecule has 0 aliphatic carbocycles. The fourth-order valence-electron chi connectivity index (χ4n) is 7.57. The highest BCUT2D eigenvalue weighted by Gasteiger charge is 2.22. The molecular formula is C45H25N3OS. The molecule has 50 heavy (non-hydrogen) atoms. The Morgan fingerprint density at radius 3 is 1.84 bits per heavy atom. The molecule has 0 aliphatic rings. The Bertz CT molecular complexity index is 3160. The quantitative estimate of drug-likeness (QED) is 0.178. The average Bonchev–Trinajstić information content (AvgIpc) is 3.76. The lowest BCUT2D eigenvalue weighted by atomic mass is 9.94. The second kappa shape index (κ2) is 10.5. The summed E-state index contributed by atoms with van der Waals surface area (Å²) in [5.74, 6) is 1.88. The van der Waals surface area contributed by atoms with Crippen LogP contribution in [0, 0.1) is 0 Å². The van der Waals surface area contributed by atoms with Crippen molar-refractivity contribution in [3.63, 3.8) is 0 Å². The predicted octanol–water partition coefficient (Wildman–Crippen LogP) is 12.6. The largest absolute Gasteiger partial charge is 0.456 e. The van der Waals surface area contributed by atoms with E-state index in [0.29, 0.717) is 17.5 Å². The molecule has 0 saturated carbocycles. The van der Waals surface area contributed by atoms with Crippen LogP contribution in [0.3, 0.4) is 0 Å². The van der Waals surface area contributed by atoms with Crippen LogP contribution in [-0.2, 0) is 0 Å². The third-order valence-corrected chi connectivity index (χ3v) is 11.1. The van der Waals surface area contributed by atoms with Gasteiger partial charge in [-0.15, -0.1) is 11.3 Å². The normalized spacial score (nSPS) is 12.0. The molecule has 0 atom stereocenters. The van der Waals surface area contributed by atoms with Gasteiger partial charge in [-0.2, -0.15) is 0 Å². The molecule has 3 aromatic heterocycles. The summed E-state index contributed by atoms with van der Waals surface area (Å²) < 4.78 is 8.78. The van der Waals surface area contributed by atoms with Gasteiger partial charge in [-0.3, -0.25) is 0 Å². The fraction of sp³-hybridized carbons (Fsp3) is 0. The molecule has 0 aliphatic heterocycles. The first-order chi connectivity index (χ1) is 24.8. The van der Waals surface area contributed by atoms with Gasteiger partial charge in [0.05, 0.1) is 0 Å². The zero-order valence-corrected chi connectivity index (χ0v) is 27.4. The molecule has 8 aromatic carbocycles. The van der Waals surface area contributed by atoms with Crippen LogP contribution < -0.4 is 0 Å². The maximum absolute atomic E-state index is 6.29. The van der Waals surface area contributed by atoms with Gasteiger partial charge in [-0.25, -0.2) is 15.0 Å². The molecule has 0 amide bonds. The van der Waals surface area contributed by atoms with Crippen LogP contribution in [0.1, 0.15) is 0 Å². The number of hydrogen-bond acceptors (Lipinski definition) is 5. The van der Waals surface area contributed by atoms with Crippen molar-refractivity contribution < 1.29 is 4.42 Å². The van der Waals surface area contributed by atoms with Crippen molar-refractivity contribution >= 4 is 85.8 Å². The third kappa shape index (κ3) is 4.08. The summed E-state index contributed by atoms with van der Waals surface area (Å²) in [6.45, 7) is 0. The second-order valence-electron chi connectivity index (χ2n) is 12.8. The van der Waals surface area contributed by atoms with E-state index >= 15 is 0 Å². The van der Waals surface area contributed by atoms with Crippen LogP contribution in [0.15, 0.2) is 156 Å². The van der Waals surface area contributed by atoms with Crippen LogP contribution in [0.5, 0.6) is 0 Å². The number of rotatable bonds is 3. The molecule has 0 saturated heterocycles. The first-order valence-electron chi connectivity index (χ1n) is 16.7. The van der Waals surface area contributed by atoms with E-state index in [-0.39, 0.29) is 0 Å². The van der Waals surface area contributed by atoms with Gasteiger partial charge in [0.15, 0.2) is 17.5 Å². The highest BCUT2D eigenvalue weighted by molar-refractivity contribution is 7.27. The number of aromatic nitrogens is 3. The number of fused-ring (bicyclic) bond motifs is 12. The van der Waals surface area contributed by atoms with Gasteiger partial charge in [-0.05, 0) is 57.3 Å². The van der Waals surface area contributed by atoms with Crippen molar-refractivity contribution in [3.05, 3.63) is 152 Å². The number of para-hydroxylation sites is 1. The Morgan fingerprint density at radius 1 is 0.400 bits per heavy atom. The smallest absolute Gasteiger partial charge is 0.164 e. The van der Waals surface area contributed by atoms with E-state index < -0.39 is 0 Å². The number of furan rings is 1. The lowest BCUT2D eigenvalue weighted by Gasteiger charge is -2.13. The molecule has 0 spiro atoms. The van der Waals surface area contributed by atoms with Gasteiger partial charge in [0.2, 0.25) is 0 Å². The monoisotopic (exact) mass is 655 g/mol. The van der Waals surface area contributed by atoms with E-state index in [1.165, 1.54) is 47.1 Å². The van der Waals surface area contributed by atoms with Crippen molar-refractivity contribution in [1.29, 1.82) is 0 Å². The first kappa shape index (κ1) is 27.5. The van der Waals surface area contributed by atoms with Crippen molar-refractivity contribution in [2.75, 3.05) is 0 Å². The van der Waals surface area contributed by atoms with Crippen LogP contribution in [0.4, 0.5) is 0 Å². The number of nitrogens with zero attached hydrogens (tertiary/aromatic N) is 3. The summed E-state index contributed by atoms with van der Waals surface area (Å²) in [5, 5.41) is 11.9. The number of thiophene rings is 1. The molecule has 232 valence electrons. The Labute approximate surface area is 289 Å². The number of hydrogen-bond donors (Lipinski definition) is 0. The van der Waals surface area contributed by atoms with Gasteiger partial charge in [0.25, 0.3) is 0 Å². The summed E-state index contributed by atoms with van der Waals surface area (Å²) in [5.41, 5.74) is 4.48. The van der Waals surface area contributed by atoms with Crippen molar-refractivity contribution in [1.82, 2.24) is 15.0 Å². The van der Waals surface area contributed by atoms with Gasteiger partial charge in [0, 0.05) is 53.0 Å². The molecule has 0 unspecified atom stereocenters. The maximum Gasteiger partial charge on any atom is 0.164 e. The van der Waals surface area contributed by atoms with Crippen molar-refractivity contribution in [2.24, 2.45) is 0 Å².